The third kappa shape index (κ3) is 4.79. The highest BCUT2D eigenvalue weighted by Crippen LogP contribution is 2.31. The zero-order valence-corrected chi connectivity index (χ0v) is 19.2. The molecule has 3 N–H and O–H groups in total. The molecule has 33 heavy (non-hydrogen) atoms. The molecule has 9 heteroatoms. The molecule has 0 aromatic heterocycles. The zero-order chi connectivity index (χ0) is 23.6. The van der Waals surface area contributed by atoms with E-state index in [0.29, 0.717) is 43.7 Å². The maximum absolute atomic E-state index is 13.4. The second-order valence-corrected chi connectivity index (χ2v) is 10.4. The molecule has 2 heterocycles. The van der Waals surface area contributed by atoms with E-state index in [4.69, 9.17) is 11.1 Å². The van der Waals surface area contributed by atoms with Crippen molar-refractivity contribution in [1.29, 1.82) is 5.41 Å². The Hall–Kier alpha value is -3.17. The van der Waals surface area contributed by atoms with Gasteiger partial charge in [0.05, 0.1) is 18.3 Å². The van der Waals surface area contributed by atoms with Crippen LogP contribution in [0.2, 0.25) is 0 Å². The first-order chi connectivity index (χ1) is 15.8. The Balaban J connectivity index is 1.45. The standard InChI is InChI=1S/C24H29N5O3S/c1-2-20-16-28(22-10-6-9-19(15-22)23(25)26)24(30)29(20)21-11-13-27(14-12-21)33(31,32)17-18-7-4-3-5-8-18/h2-10,15,20-21H,1,11-14,16-17H2,(H3,25,26). The van der Waals surface area contributed by atoms with E-state index in [1.54, 1.807) is 29.2 Å². The molecule has 0 radical (unpaired) electrons. The quantitative estimate of drug-likeness (QED) is 0.371. The first kappa shape index (κ1) is 23.0. The number of hydrogen-bond donors (Lipinski definition) is 2. The predicted octanol–water partition coefficient (Wildman–Crippen LogP) is 2.76. The van der Waals surface area contributed by atoms with Crippen molar-refractivity contribution in [1.82, 2.24) is 9.21 Å². The molecule has 0 saturated carbocycles. The molecule has 2 aliphatic heterocycles. The van der Waals surface area contributed by atoms with Crippen LogP contribution >= 0.6 is 0 Å². The van der Waals surface area contributed by atoms with Crippen molar-refractivity contribution in [3.63, 3.8) is 0 Å². The van der Waals surface area contributed by atoms with Crippen LogP contribution in [0.5, 0.6) is 0 Å². The SMILES string of the molecule is C=CC1CN(c2cccc(C(=N)N)c2)C(=O)N1C1CCN(S(=O)(=O)Cc2ccccc2)CC1. The molecule has 2 aliphatic rings. The Bertz CT molecular complexity index is 1140. The average Bonchev–Trinajstić information content (AvgIpc) is 3.16. The number of nitrogens with one attached hydrogen (secondary N) is 1. The lowest BCUT2D eigenvalue weighted by Crippen LogP contribution is -2.50. The van der Waals surface area contributed by atoms with Crippen LogP contribution in [0, 0.1) is 5.41 Å². The Morgan fingerprint density at radius 3 is 2.45 bits per heavy atom. The lowest BCUT2D eigenvalue weighted by atomic mass is 10.0. The van der Waals surface area contributed by atoms with E-state index in [0.717, 1.165) is 5.56 Å². The maximum atomic E-state index is 13.4. The van der Waals surface area contributed by atoms with Crippen LogP contribution < -0.4 is 10.6 Å². The van der Waals surface area contributed by atoms with Crippen LogP contribution in [-0.2, 0) is 15.8 Å². The highest BCUT2D eigenvalue weighted by molar-refractivity contribution is 7.88. The minimum atomic E-state index is -3.42. The highest BCUT2D eigenvalue weighted by Gasteiger charge is 2.42. The van der Waals surface area contributed by atoms with Crippen molar-refractivity contribution in [3.05, 3.63) is 78.4 Å². The number of sulfonamides is 1. The third-order valence-corrected chi connectivity index (χ3v) is 8.17. The summed E-state index contributed by atoms with van der Waals surface area (Å²) in [5.74, 6) is -0.0684. The zero-order valence-electron chi connectivity index (χ0n) is 18.4. The molecule has 4 rings (SSSR count). The number of carbonyl (C=O) groups excluding carboxylic acids is 1. The van der Waals surface area contributed by atoms with Crippen molar-refractivity contribution in [2.45, 2.75) is 30.7 Å². The van der Waals surface area contributed by atoms with Gasteiger partial charge >= 0.3 is 6.03 Å². The molecule has 2 saturated heterocycles. The number of piperidine rings is 1. The normalized spacial score (nSPS) is 20.2. The summed E-state index contributed by atoms with van der Waals surface area (Å²) in [5, 5.41) is 7.66. The Kier molecular flexibility index (Phi) is 6.53. The number of amides is 2. The Morgan fingerprint density at radius 2 is 1.82 bits per heavy atom. The van der Waals surface area contributed by atoms with Gasteiger partial charge in [-0.1, -0.05) is 48.5 Å². The van der Waals surface area contributed by atoms with E-state index in [-0.39, 0.29) is 29.7 Å². The second-order valence-electron chi connectivity index (χ2n) is 8.44. The smallest absolute Gasteiger partial charge is 0.325 e. The summed E-state index contributed by atoms with van der Waals surface area (Å²) in [5.41, 5.74) is 7.62. The Labute approximate surface area is 194 Å². The lowest BCUT2D eigenvalue weighted by molar-refractivity contribution is 0.154. The van der Waals surface area contributed by atoms with E-state index in [2.05, 4.69) is 6.58 Å². The van der Waals surface area contributed by atoms with Gasteiger partial charge in [-0.3, -0.25) is 10.3 Å². The summed E-state index contributed by atoms with van der Waals surface area (Å²) in [4.78, 5) is 16.9. The minimum Gasteiger partial charge on any atom is -0.384 e. The average molecular weight is 468 g/mol. The molecule has 2 aromatic carbocycles. The van der Waals surface area contributed by atoms with Gasteiger partial charge < -0.3 is 10.6 Å². The van der Waals surface area contributed by atoms with E-state index in [1.165, 1.54) is 4.31 Å². The van der Waals surface area contributed by atoms with Gasteiger partial charge in [-0.05, 0) is 30.5 Å². The number of hydrogen-bond acceptors (Lipinski definition) is 4. The number of nitrogens with zero attached hydrogens (tertiary/aromatic N) is 3. The minimum absolute atomic E-state index is 0.0172. The molecule has 2 amide bonds. The van der Waals surface area contributed by atoms with Crippen molar-refractivity contribution < 1.29 is 13.2 Å². The Morgan fingerprint density at radius 1 is 1.12 bits per heavy atom. The van der Waals surface area contributed by atoms with Gasteiger partial charge in [-0.25, -0.2) is 17.5 Å². The number of amidine groups is 1. The van der Waals surface area contributed by atoms with Gasteiger partial charge in [0.1, 0.15) is 5.84 Å². The van der Waals surface area contributed by atoms with Crippen LogP contribution in [0.3, 0.4) is 0 Å². The molecule has 8 nitrogen and oxygen atoms in total. The number of anilines is 1. The van der Waals surface area contributed by atoms with Crippen LogP contribution in [0.4, 0.5) is 10.5 Å². The van der Waals surface area contributed by atoms with Gasteiger partial charge in [-0.15, -0.1) is 6.58 Å². The molecule has 2 fully saturated rings. The molecular formula is C24H29N5O3S. The molecular weight excluding hydrogens is 438 g/mol. The first-order valence-corrected chi connectivity index (χ1v) is 12.6. The van der Waals surface area contributed by atoms with Gasteiger partial charge in [0.15, 0.2) is 0 Å². The summed E-state index contributed by atoms with van der Waals surface area (Å²) in [6.07, 6.45) is 2.92. The topological polar surface area (TPSA) is 111 Å². The van der Waals surface area contributed by atoms with Crippen molar-refractivity contribution in [2.75, 3.05) is 24.5 Å². The predicted molar refractivity (Wildman–Crippen MR) is 130 cm³/mol. The maximum Gasteiger partial charge on any atom is 0.325 e. The van der Waals surface area contributed by atoms with Crippen LogP contribution in [0.1, 0.15) is 24.0 Å². The fourth-order valence-corrected chi connectivity index (χ4v) is 6.14. The van der Waals surface area contributed by atoms with E-state index in [9.17, 15) is 13.2 Å². The number of urea groups is 1. The van der Waals surface area contributed by atoms with E-state index in [1.807, 2.05) is 41.3 Å². The summed E-state index contributed by atoms with van der Waals surface area (Å²) < 4.78 is 27.3. The van der Waals surface area contributed by atoms with Crippen LogP contribution in [0.25, 0.3) is 0 Å². The number of nitrogen functional groups attached to an aromatic ring is 1. The third-order valence-electron chi connectivity index (χ3n) is 6.32. The summed E-state index contributed by atoms with van der Waals surface area (Å²) in [6.45, 7) is 5.14. The number of carbonyl (C=O) groups is 1. The van der Waals surface area contributed by atoms with Crippen LogP contribution in [0.15, 0.2) is 67.3 Å². The molecule has 0 spiro atoms. The van der Waals surface area contributed by atoms with Gasteiger partial charge in [0.25, 0.3) is 0 Å². The lowest BCUT2D eigenvalue weighted by Gasteiger charge is -2.37. The van der Waals surface area contributed by atoms with Crippen LogP contribution in [-0.4, -0.2) is 61.2 Å². The van der Waals surface area contributed by atoms with Gasteiger partial charge in [0, 0.05) is 30.4 Å². The summed E-state index contributed by atoms with van der Waals surface area (Å²) in [6, 6.07) is 15.9. The largest absolute Gasteiger partial charge is 0.384 e. The molecule has 0 aliphatic carbocycles. The van der Waals surface area contributed by atoms with Crippen molar-refractivity contribution in [2.24, 2.45) is 5.73 Å². The number of benzene rings is 2. The van der Waals surface area contributed by atoms with E-state index >= 15 is 0 Å². The number of rotatable bonds is 7. The van der Waals surface area contributed by atoms with Gasteiger partial charge in [-0.2, -0.15) is 0 Å². The van der Waals surface area contributed by atoms with Crippen molar-refractivity contribution >= 4 is 27.6 Å². The molecule has 1 unspecified atom stereocenters. The summed E-state index contributed by atoms with van der Waals surface area (Å²) >= 11 is 0. The molecule has 174 valence electrons. The second kappa shape index (κ2) is 9.36. The fourth-order valence-electron chi connectivity index (χ4n) is 4.58. The fraction of sp³-hybridized carbons (Fsp3) is 0.333. The van der Waals surface area contributed by atoms with E-state index < -0.39 is 10.0 Å². The molecule has 0 bridgehead atoms. The first-order valence-electron chi connectivity index (χ1n) is 11.0. The van der Waals surface area contributed by atoms with Crippen molar-refractivity contribution in [3.8, 4) is 0 Å². The molecule has 2 aromatic rings. The summed E-state index contributed by atoms with van der Waals surface area (Å²) in [7, 11) is -3.42. The monoisotopic (exact) mass is 467 g/mol. The number of nitrogens with two attached hydrogens (primary N) is 1. The molecule has 1 atom stereocenters. The highest BCUT2D eigenvalue weighted by atomic mass is 32.2. The van der Waals surface area contributed by atoms with Gasteiger partial charge in [0.2, 0.25) is 10.0 Å².